The highest BCUT2D eigenvalue weighted by Gasteiger charge is 2.28. The molecule has 9 heteroatoms. The molecule has 2 N–H and O–H groups in total. The molecule has 1 saturated carbocycles. The van der Waals surface area contributed by atoms with Crippen LogP contribution >= 0.6 is 0 Å². The first-order chi connectivity index (χ1) is 15.0. The lowest BCUT2D eigenvalue weighted by Crippen LogP contribution is -2.28. The molecule has 1 aromatic carbocycles. The maximum Gasteiger partial charge on any atom is 0.259 e. The van der Waals surface area contributed by atoms with Crippen molar-refractivity contribution in [3.63, 3.8) is 0 Å². The zero-order chi connectivity index (χ0) is 21.5. The van der Waals surface area contributed by atoms with Crippen LogP contribution in [-0.2, 0) is 0 Å². The number of nitrogens with one attached hydrogen (secondary N) is 1. The van der Waals surface area contributed by atoms with Crippen LogP contribution in [0.25, 0.3) is 16.6 Å². The van der Waals surface area contributed by atoms with E-state index in [1.165, 1.54) is 7.11 Å². The number of hydrogen-bond acceptors (Lipinski definition) is 6. The molecule has 3 atom stereocenters. The number of methoxy groups -OCH3 is 1. The molecule has 0 saturated heterocycles. The number of fused-ring (bicyclic) bond motifs is 2. The van der Waals surface area contributed by atoms with E-state index < -0.39 is 0 Å². The van der Waals surface area contributed by atoms with Gasteiger partial charge in [-0.3, -0.25) is 9.48 Å². The summed E-state index contributed by atoms with van der Waals surface area (Å²) in [7, 11) is 1.54. The van der Waals surface area contributed by atoms with Crippen LogP contribution in [0.5, 0.6) is 5.75 Å². The van der Waals surface area contributed by atoms with Crippen molar-refractivity contribution in [1.29, 1.82) is 0 Å². The number of nitrogens with zero attached hydrogens (tertiary/aromatic N) is 5. The summed E-state index contributed by atoms with van der Waals surface area (Å²) < 4.78 is 9.06. The van der Waals surface area contributed by atoms with Gasteiger partial charge in [0.1, 0.15) is 11.4 Å². The number of ether oxygens (including phenoxy) is 1. The Balaban J connectivity index is 1.47. The number of carbonyl (C=O) groups excluding carboxylic acids is 1. The van der Waals surface area contributed by atoms with Gasteiger partial charge < -0.3 is 15.2 Å². The highest BCUT2D eigenvalue weighted by atomic mass is 16.5. The van der Waals surface area contributed by atoms with E-state index in [1.807, 2.05) is 10.9 Å². The fourth-order valence-electron chi connectivity index (χ4n) is 4.44. The third kappa shape index (κ3) is 3.50. The summed E-state index contributed by atoms with van der Waals surface area (Å²) >= 11 is 0. The lowest BCUT2D eigenvalue weighted by molar-refractivity contribution is 0.0750. The number of anilines is 1. The minimum atomic E-state index is -0.304. The van der Waals surface area contributed by atoms with Gasteiger partial charge in [-0.25, -0.2) is 9.50 Å². The quantitative estimate of drug-likeness (QED) is 0.526. The lowest BCUT2D eigenvalue weighted by atomic mass is 9.84. The Labute approximate surface area is 178 Å². The number of carbonyl (C=O) groups is 1. The van der Waals surface area contributed by atoms with Crippen molar-refractivity contribution >= 4 is 28.1 Å². The summed E-state index contributed by atoms with van der Waals surface area (Å²) in [5.41, 5.74) is 2.27. The molecule has 9 nitrogen and oxygen atoms in total. The van der Waals surface area contributed by atoms with Gasteiger partial charge in [-0.1, -0.05) is 6.92 Å². The molecule has 1 aliphatic rings. The van der Waals surface area contributed by atoms with E-state index in [0.29, 0.717) is 28.6 Å². The number of rotatable bonds is 4. The average molecular weight is 420 g/mol. The Morgan fingerprint density at radius 2 is 2.19 bits per heavy atom. The minimum Gasteiger partial charge on any atom is -0.496 e. The second-order valence-electron chi connectivity index (χ2n) is 8.13. The van der Waals surface area contributed by atoms with Gasteiger partial charge >= 0.3 is 0 Å². The van der Waals surface area contributed by atoms with E-state index in [0.717, 1.165) is 30.2 Å². The molecular weight excluding hydrogens is 396 g/mol. The van der Waals surface area contributed by atoms with Gasteiger partial charge in [0.2, 0.25) is 0 Å². The molecule has 3 heterocycles. The molecule has 0 spiro atoms. The molecule has 1 aliphatic carbocycles. The maximum atomic E-state index is 13.1. The predicted octanol–water partition coefficient (Wildman–Crippen LogP) is 3.06. The van der Waals surface area contributed by atoms with Crippen LogP contribution in [0.2, 0.25) is 0 Å². The fraction of sp³-hybridized carbons (Fsp3) is 0.364. The molecule has 4 aromatic rings. The van der Waals surface area contributed by atoms with Crippen molar-refractivity contribution in [2.24, 2.45) is 5.92 Å². The van der Waals surface area contributed by atoms with Crippen LogP contribution in [0.3, 0.4) is 0 Å². The van der Waals surface area contributed by atoms with Gasteiger partial charge in [0, 0.05) is 30.0 Å². The Hall–Kier alpha value is -3.46. The molecule has 1 fully saturated rings. The largest absolute Gasteiger partial charge is 0.496 e. The maximum absolute atomic E-state index is 13.1. The van der Waals surface area contributed by atoms with Crippen LogP contribution in [0.15, 0.2) is 43.0 Å². The Morgan fingerprint density at radius 3 is 3.00 bits per heavy atom. The van der Waals surface area contributed by atoms with Crippen LogP contribution in [0.1, 0.15) is 42.6 Å². The van der Waals surface area contributed by atoms with Gasteiger partial charge in [-0.2, -0.15) is 10.2 Å². The summed E-state index contributed by atoms with van der Waals surface area (Å²) in [6.07, 6.45) is 9.15. The number of hydrogen-bond donors (Lipinski definition) is 2. The Morgan fingerprint density at radius 1 is 1.32 bits per heavy atom. The Kier molecular flexibility index (Phi) is 4.82. The summed E-state index contributed by atoms with van der Waals surface area (Å²) in [6.45, 7) is 2.14. The summed E-state index contributed by atoms with van der Waals surface area (Å²) in [5, 5.41) is 22.6. The molecule has 1 amide bonds. The van der Waals surface area contributed by atoms with Crippen LogP contribution in [0, 0.1) is 5.92 Å². The third-order valence-electron chi connectivity index (χ3n) is 6.05. The number of aliphatic hydroxyl groups is 1. The van der Waals surface area contributed by atoms with Crippen LogP contribution in [0.4, 0.5) is 5.69 Å². The third-order valence-corrected chi connectivity index (χ3v) is 6.05. The molecule has 0 aliphatic heterocycles. The standard InChI is InChI=1S/C22H24N6O3/c1-13-8-15(29)4-5-19(13)28-12-14-9-16(20(31-2)10-17(14)26-28)22(30)25-18-11-24-27-7-3-6-23-21(18)27/h3,6-7,9-13,15,19,29H,4-5,8H2,1-2H3,(H,25,30)/t13-,15+,19?/m0/s1. The molecule has 31 heavy (non-hydrogen) atoms. The number of amides is 1. The molecule has 1 unspecified atom stereocenters. The number of aromatic nitrogens is 5. The van der Waals surface area contributed by atoms with Crippen molar-refractivity contribution in [1.82, 2.24) is 24.4 Å². The molecule has 3 aromatic heterocycles. The first-order valence-electron chi connectivity index (χ1n) is 10.4. The zero-order valence-corrected chi connectivity index (χ0v) is 17.4. The monoisotopic (exact) mass is 420 g/mol. The van der Waals surface area contributed by atoms with Crippen molar-refractivity contribution < 1.29 is 14.6 Å². The molecule has 0 radical (unpaired) electrons. The second-order valence-corrected chi connectivity index (χ2v) is 8.13. The van der Waals surface area contributed by atoms with Gasteiger partial charge in [-0.15, -0.1) is 0 Å². The van der Waals surface area contributed by atoms with E-state index in [2.05, 4.69) is 22.3 Å². The van der Waals surface area contributed by atoms with Gasteiger partial charge in [0.15, 0.2) is 5.65 Å². The van der Waals surface area contributed by atoms with E-state index >= 15 is 0 Å². The highest BCUT2D eigenvalue weighted by molar-refractivity contribution is 6.09. The van der Waals surface area contributed by atoms with Crippen molar-refractivity contribution in [3.05, 3.63) is 48.5 Å². The molecular formula is C22H24N6O3. The Bertz CT molecular complexity index is 1260. The summed E-state index contributed by atoms with van der Waals surface area (Å²) in [4.78, 5) is 17.3. The van der Waals surface area contributed by atoms with E-state index in [1.54, 1.807) is 41.3 Å². The summed E-state index contributed by atoms with van der Waals surface area (Å²) in [5.74, 6) is 0.471. The normalized spacial score (nSPS) is 21.5. The smallest absolute Gasteiger partial charge is 0.259 e. The topological polar surface area (TPSA) is 107 Å². The van der Waals surface area contributed by atoms with Crippen molar-refractivity contribution in [3.8, 4) is 5.75 Å². The minimum absolute atomic E-state index is 0.226. The van der Waals surface area contributed by atoms with E-state index in [9.17, 15) is 9.90 Å². The molecule has 5 rings (SSSR count). The SMILES string of the molecule is COc1cc2nn(C3CC[C@@H](O)C[C@@H]3C)cc2cc1C(=O)Nc1cnn2cccnc12. The zero-order valence-electron chi connectivity index (χ0n) is 17.4. The second kappa shape index (κ2) is 7.66. The fourth-order valence-corrected chi connectivity index (χ4v) is 4.44. The van der Waals surface area contributed by atoms with E-state index in [4.69, 9.17) is 9.84 Å². The number of aliphatic hydroxyl groups excluding tert-OH is 1. The highest BCUT2D eigenvalue weighted by Crippen LogP contribution is 2.35. The van der Waals surface area contributed by atoms with Crippen molar-refractivity contribution in [2.45, 2.75) is 38.3 Å². The number of benzene rings is 1. The van der Waals surface area contributed by atoms with Gasteiger partial charge in [0.05, 0.1) is 36.5 Å². The molecule has 160 valence electrons. The summed E-state index contributed by atoms with van der Waals surface area (Å²) in [6, 6.07) is 5.59. The van der Waals surface area contributed by atoms with Gasteiger partial charge in [0.25, 0.3) is 5.91 Å². The lowest BCUT2D eigenvalue weighted by Gasteiger charge is -2.31. The first-order valence-corrected chi connectivity index (χ1v) is 10.4. The first kappa shape index (κ1) is 19.5. The van der Waals surface area contributed by atoms with Crippen LogP contribution in [-0.4, -0.2) is 48.6 Å². The van der Waals surface area contributed by atoms with Crippen LogP contribution < -0.4 is 10.1 Å². The van der Waals surface area contributed by atoms with E-state index in [-0.39, 0.29) is 18.1 Å². The van der Waals surface area contributed by atoms with Gasteiger partial charge in [-0.05, 0) is 37.3 Å². The average Bonchev–Trinajstić information content (AvgIpc) is 3.36. The van der Waals surface area contributed by atoms with Crippen molar-refractivity contribution in [2.75, 3.05) is 12.4 Å². The molecule has 0 bridgehead atoms. The predicted molar refractivity (Wildman–Crippen MR) is 115 cm³/mol.